The van der Waals surface area contributed by atoms with E-state index in [2.05, 4.69) is 5.32 Å². The molecule has 1 saturated heterocycles. The van der Waals surface area contributed by atoms with Gasteiger partial charge in [0, 0.05) is 13.2 Å². The highest BCUT2D eigenvalue weighted by molar-refractivity contribution is 5.44. The van der Waals surface area contributed by atoms with Gasteiger partial charge in [0.15, 0.2) is 0 Å². The predicted molar refractivity (Wildman–Crippen MR) is 70.6 cm³/mol. The molecule has 1 heterocycles. The van der Waals surface area contributed by atoms with Crippen LogP contribution in [0.15, 0.2) is 18.2 Å². The van der Waals surface area contributed by atoms with Crippen molar-refractivity contribution in [1.82, 2.24) is 0 Å². The summed E-state index contributed by atoms with van der Waals surface area (Å²) in [5, 5.41) is 12.4. The zero-order valence-corrected chi connectivity index (χ0v) is 11.1. The van der Waals surface area contributed by atoms with Gasteiger partial charge in [-0.1, -0.05) is 0 Å². The minimum absolute atomic E-state index is 0.0307. The third kappa shape index (κ3) is 4.70. The van der Waals surface area contributed by atoms with Gasteiger partial charge in [0.05, 0.1) is 31.1 Å². The maximum atomic E-state index is 13.3. The monoisotopic (exact) mass is 287 g/mol. The molecule has 0 bridgehead atoms. The van der Waals surface area contributed by atoms with E-state index in [0.29, 0.717) is 6.61 Å². The second-order valence-corrected chi connectivity index (χ2v) is 4.83. The minimum Gasteiger partial charge on any atom is -0.389 e. The van der Waals surface area contributed by atoms with E-state index in [9.17, 15) is 13.9 Å². The summed E-state index contributed by atoms with van der Waals surface area (Å²) in [6, 6.07) is 3.13. The van der Waals surface area contributed by atoms with Crippen LogP contribution in [0.1, 0.15) is 12.8 Å². The number of ether oxygens (including phenoxy) is 2. The van der Waals surface area contributed by atoms with E-state index in [1.54, 1.807) is 0 Å². The van der Waals surface area contributed by atoms with Crippen LogP contribution in [0, 0.1) is 11.6 Å². The number of benzene rings is 1. The van der Waals surface area contributed by atoms with Gasteiger partial charge in [-0.05, 0) is 31.0 Å². The summed E-state index contributed by atoms with van der Waals surface area (Å²) in [6.07, 6.45) is 1.33. The fourth-order valence-electron chi connectivity index (χ4n) is 2.03. The summed E-state index contributed by atoms with van der Waals surface area (Å²) in [6.45, 7) is 1.43. The number of aliphatic hydroxyl groups is 1. The molecular formula is C14H19F2NO3. The zero-order chi connectivity index (χ0) is 14.4. The fourth-order valence-corrected chi connectivity index (χ4v) is 2.03. The second kappa shape index (κ2) is 7.52. The Labute approximate surface area is 116 Å². The van der Waals surface area contributed by atoms with Gasteiger partial charge in [-0.25, -0.2) is 8.78 Å². The highest BCUT2D eigenvalue weighted by Crippen LogP contribution is 2.15. The molecule has 1 aliphatic rings. The molecule has 1 aliphatic heterocycles. The first kappa shape index (κ1) is 15.2. The van der Waals surface area contributed by atoms with Crippen molar-refractivity contribution in [2.24, 2.45) is 0 Å². The first-order chi connectivity index (χ1) is 9.65. The second-order valence-electron chi connectivity index (χ2n) is 4.83. The number of hydrogen-bond acceptors (Lipinski definition) is 4. The number of rotatable bonds is 7. The molecule has 2 atom stereocenters. The third-order valence-electron chi connectivity index (χ3n) is 3.09. The van der Waals surface area contributed by atoms with E-state index in [0.717, 1.165) is 37.6 Å². The lowest BCUT2D eigenvalue weighted by atomic mass is 10.2. The van der Waals surface area contributed by atoms with Gasteiger partial charge in [-0.2, -0.15) is 0 Å². The number of aliphatic hydroxyl groups excluding tert-OH is 1. The Kier molecular flexibility index (Phi) is 5.70. The summed E-state index contributed by atoms with van der Waals surface area (Å²) in [5.74, 6) is -1.09. The van der Waals surface area contributed by atoms with Crippen molar-refractivity contribution in [2.45, 2.75) is 25.0 Å². The van der Waals surface area contributed by atoms with Gasteiger partial charge in [0.25, 0.3) is 0 Å². The molecule has 0 spiro atoms. The molecule has 1 aromatic rings. The lowest BCUT2D eigenvalue weighted by molar-refractivity contribution is -0.0137. The van der Waals surface area contributed by atoms with Gasteiger partial charge in [-0.3, -0.25) is 0 Å². The van der Waals surface area contributed by atoms with E-state index in [-0.39, 0.29) is 24.9 Å². The molecule has 6 heteroatoms. The van der Waals surface area contributed by atoms with Crippen LogP contribution in [0.25, 0.3) is 0 Å². The van der Waals surface area contributed by atoms with Crippen LogP contribution in [-0.2, 0) is 9.47 Å². The summed E-state index contributed by atoms with van der Waals surface area (Å²) >= 11 is 0. The maximum absolute atomic E-state index is 13.3. The number of hydrogen-bond donors (Lipinski definition) is 2. The topological polar surface area (TPSA) is 50.7 Å². The van der Waals surface area contributed by atoms with E-state index >= 15 is 0 Å². The highest BCUT2D eigenvalue weighted by atomic mass is 19.1. The van der Waals surface area contributed by atoms with Crippen LogP contribution < -0.4 is 5.32 Å². The molecule has 0 aromatic heterocycles. The van der Waals surface area contributed by atoms with E-state index in [1.807, 2.05) is 0 Å². The lowest BCUT2D eigenvalue weighted by Crippen LogP contribution is -2.27. The molecule has 112 valence electrons. The molecule has 2 unspecified atom stereocenters. The highest BCUT2D eigenvalue weighted by Gasteiger charge is 2.16. The van der Waals surface area contributed by atoms with Crippen molar-refractivity contribution >= 4 is 5.69 Å². The molecular weight excluding hydrogens is 268 g/mol. The Morgan fingerprint density at radius 2 is 2.30 bits per heavy atom. The molecule has 0 amide bonds. The number of nitrogens with one attached hydrogen (secondary N) is 1. The zero-order valence-electron chi connectivity index (χ0n) is 11.1. The molecule has 2 rings (SSSR count). The molecule has 0 saturated carbocycles. The first-order valence-electron chi connectivity index (χ1n) is 6.71. The van der Waals surface area contributed by atoms with Crippen molar-refractivity contribution < 1.29 is 23.4 Å². The van der Waals surface area contributed by atoms with Crippen molar-refractivity contribution in [1.29, 1.82) is 0 Å². The van der Waals surface area contributed by atoms with Crippen molar-refractivity contribution in [3.8, 4) is 0 Å². The Bertz CT molecular complexity index is 425. The van der Waals surface area contributed by atoms with Gasteiger partial charge in [0.2, 0.25) is 0 Å². The van der Waals surface area contributed by atoms with E-state index < -0.39 is 17.7 Å². The SMILES string of the molecule is OC(CNc1cc(F)ccc1F)COCC1CCCO1. The summed E-state index contributed by atoms with van der Waals surface area (Å²) in [5.41, 5.74) is 0.0307. The van der Waals surface area contributed by atoms with E-state index in [1.165, 1.54) is 0 Å². The van der Waals surface area contributed by atoms with E-state index in [4.69, 9.17) is 9.47 Å². The number of halogens is 2. The van der Waals surface area contributed by atoms with Crippen molar-refractivity contribution in [3.63, 3.8) is 0 Å². The van der Waals surface area contributed by atoms with Crippen LogP contribution in [0.4, 0.5) is 14.5 Å². The molecule has 4 nitrogen and oxygen atoms in total. The Morgan fingerprint density at radius 1 is 1.45 bits per heavy atom. The van der Waals surface area contributed by atoms with Crippen molar-refractivity contribution in [2.75, 3.05) is 31.7 Å². The number of anilines is 1. The third-order valence-corrected chi connectivity index (χ3v) is 3.09. The summed E-state index contributed by atoms with van der Waals surface area (Å²) in [7, 11) is 0. The Hall–Kier alpha value is -1.24. The molecule has 0 radical (unpaired) electrons. The molecule has 2 N–H and O–H groups in total. The average Bonchev–Trinajstić information content (AvgIpc) is 2.93. The summed E-state index contributed by atoms with van der Waals surface area (Å²) < 4.78 is 37.0. The molecule has 20 heavy (non-hydrogen) atoms. The molecule has 1 fully saturated rings. The first-order valence-corrected chi connectivity index (χ1v) is 6.71. The fraction of sp³-hybridized carbons (Fsp3) is 0.571. The van der Waals surface area contributed by atoms with Gasteiger partial charge < -0.3 is 19.9 Å². The van der Waals surface area contributed by atoms with Crippen LogP contribution in [-0.4, -0.2) is 43.7 Å². The minimum atomic E-state index is -0.793. The van der Waals surface area contributed by atoms with Gasteiger partial charge in [-0.15, -0.1) is 0 Å². The molecule has 1 aromatic carbocycles. The lowest BCUT2D eigenvalue weighted by Gasteiger charge is -2.15. The normalized spacial score (nSPS) is 20.1. The smallest absolute Gasteiger partial charge is 0.146 e. The van der Waals surface area contributed by atoms with Crippen LogP contribution >= 0.6 is 0 Å². The van der Waals surface area contributed by atoms with Crippen LogP contribution in [0.5, 0.6) is 0 Å². The maximum Gasteiger partial charge on any atom is 0.146 e. The molecule has 0 aliphatic carbocycles. The largest absolute Gasteiger partial charge is 0.389 e. The van der Waals surface area contributed by atoms with Crippen LogP contribution in [0.2, 0.25) is 0 Å². The Balaban J connectivity index is 1.66. The average molecular weight is 287 g/mol. The quantitative estimate of drug-likeness (QED) is 0.804. The summed E-state index contributed by atoms with van der Waals surface area (Å²) in [4.78, 5) is 0. The predicted octanol–water partition coefficient (Wildman–Crippen LogP) is 1.93. The van der Waals surface area contributed by atoms with Crippen LogP contribution in [0.3, 0.4) is 0 Å². The Morgan fingerprint density at radius 3 is 3.05 bits per heavy atom. The standard InChI is InChI=1S/C14H19F2NO3/c15-10-3-4-13(16)14(6-10)17-7-11(18)8-19-9-12-2-1-5-20-12/h3-4,6,11-12,17-18H,1-2,5,7-9H2. The van der Waals surface area contributed by atoms with Gasteiger partial charge >= 0.3 is 0 Å². The van der Waals surface area contributed by atoms with Crippen molar-refractivity contribution in [3.05, 3.63) is 29.8 Å². The van der Waals surface area contributed by atoms with Gasteiger partial charge in [0.1, 0.15) is 11.6 Å².